The fraction of sp³-hybridized carbons (Fsp3) is 0.571. The number of imidazole rings is 1. The Morgan fingerprint density at radius 1 is 1.16 bits per heavy atom. The van der Waals surface area contributed by atoms with E-state index < -0.39 is 0 Å². The molecule has 2 aromatic heterocycles. The number of fused-ring (bicyclic) bond motifs is 1. The van der Waals surface area contributed by atoms with Crippen LogP contribution in [0.3, 0.4) is 0 Å². The van der Waals surface area contributed by atoms with Crippen molar-refractivity contribution in [2.75, 3.05) is 32.0 Å². The molecule has 0 unspecified atom stereocenters. The Labute approximate surface area is 224 Å². The van der Waals surface area contributed by atoms with Crippen LogP contribution in [0.4, 0.5) is 5.82 Å². The van der Waals surface area contributed by atoms with Crippen molar-refractivity contribution in [2.45, 2.75) is 66.0 Å². The molecule has 10 nitrogen and oxygen atoms in total. The van der Waals surface area contributed by atoms with Gasteiger partial charge < -0.3 is 20.8 Å². The van der Waals surface area contributed by atoms with E-state index in [9.17, 15) is 9.59 Å². The van der Waals surface area contributed by atoms with E-state index in [0.29, 0.717) is 30.2 Å². The van der Waals surface area contributed by atoms with Gasteiger partial charge in [0.1, 0.15) is 5.52 Å². The second-order valence-corrected chi connectivity index (χ2v) is 10.6. The summed E-state index contributed by atoms with van der Waals surface area (Å²) in [6.07, 6.45) is 5.27. The lowest BCUT2D eigenvalue weighted by molar-refractivity contribution is -0.124. The molecule has 1 aliphatic heterocycles. The first-order valence-electron chi connectivity index (χ1n) is 13.8. The lowest BCUT2D eigenvalue weighted by Gasteiger charge is -2.32. The van der Waals surface area contributed by atoms with Gasteiger partial charge in [0.15, 0.2) is 11.5 Å². The standard InChI is InChI=1S/C28H41N7O3/c1-4-5-16-38-27-32-24(29)23-25(33-27)35(28(37)31-23)18-22-8-6-21(7-9-22)17-34-14-11-20(12-15-34)10-13-30-26(36)19(2)3/h6-9,19-20H,4-5,10-18H2,1-3H3,(H,30,36)(H,31,37)(H2,29,32,33). The zero-order valence-corrected chi connectivity index (χ0v) is 22.8. The fourth-order valence-corrected chi connectivity index (χ4v) is 4.78. The number of nitrogens with zero attached hydrogens (tertiary/aromatic N) is 4. The molecule has 4 rings (SSSR count). The van der Waals surface area contributed by atoms with Gasteiger partial charge in [-0.3, -0.25) is 14.3 Å². The predicted octanol–water partition coefficient (Wildman–Crippen LogP) is 3.30. The lowest BCUT2D eigenvalue weighted by atomic mass is 9.93. The predicted molar refractivity (Wildman–Crippen MR) is 149 cm³/mol. The number of carbonyl (C=O) groups excluding carboxylic acids is 1. The molecule has 1 aliphatic rings. The Hall–Kier alpha value is -3.40. The van der Waals surface area contributed by atoms with Crippen molar-refractivity contribution >= 4 is 22.9 Å². The number of ether oxygens (including phenoxy) is 1. The number of aromatic nitrogens is 4. The molecule has 3 aromatic rings. The van der Waals surface area contributed by atoms with Gasteiger partial charge in [-0.25, -0.2) is 4.79 Å². The van der Waals surface area contributed by atoms with E-state index in [1.54, 1.807) is 4.57 Å². The summed E-state index contributed by atoms with van der Waals surface area (Å²) in [6.45, 7) is 10.6. The van der Waals surface area contributed by atoms with Crippen LogP contribution in [-0.4, -0.2) is 56.6 Å². The van der Waals surface area contributed by atoms with Crippen LogP contribution in [-0.2, 0) is 17.9 Å². The number of likely N-dealkylation sites (tertiary alicyclic amines) is 1. The molecule has 0 saturated carbocycles. The molecule has 0 spiro atoms. The van der Waals surface area contributed by atoms with E-state index in [-0.39, 0.29) is 29.3 Å². The summed E-state index contributed by atoms with van der Waals surface area (Å²) in [5.74, 6) is 1.06. The van der Waals surface area contributed by atoms with Gasteiger partial charge in [-0.05, 0) is 55.8 Å². The van der Waals surface area contributed by atoms with Gasteiger partial charge in [0.2, 0.25) is 5.91 Å². The molecule has 1 aromatic carbocycles. The van der Waals surface area contributed by atoms with Gasteiger partial charge >= 0.3 is 11.7 Å². The van der Waals surface area contributed by atoms with E-state index in [2.05, 4.69) is 56.4 Å². The summed E-state index contributed by atoms with van der Waals surface area (Å²) >= 11 is 0. The number of nitrogens with two attached hydrogens (primary N) is 1. The fourth-order valence-electron chi connectivity index (χ4n) is 4.78. The number of nitrogen functional groups attached to an aromatic ring is 1. The maximum Gasteiger partial charge on any atom is 0.328 e. The van der Waals surface area contributed by atoms with Crippen LogP contribution in [0.5, 0.6) is 6.01 Å². The van der Waals surface area contributed by atoms with Gasteiger partial charge in [0.25, 0.3) is 0 Å². The monoisotopic (exact) mass is 523 g/mol. The topological polar surface area (TPSA) is 131 Å². The smallest absolute Gasteiger partial charge is 0.328 e. The SMILES string of the molecule is CCCCOc1nc(N)c2[nH]c(=O)n(Cc3ccc(CN4CCC(CCNC(=O)C(C)C)CC4)cc3)c2n1. The van der Waals surface area contributed by atoms with Crippen molar-refractivity contribution in [3.8, 4) is 6.01 Å². The molecular formula is C28H41N7O3. The van der Waals surface area contributed by atoms with Crippen LogP contribution in [0, 0.1) is 11.8 Å². The van der Waals surface area contributed by atoms with Gasteiger partial charge in [-0.1, -0.05) is 51.5 Å². The van der Waals surface area contributed by atoms with Crippen LogP contribution in [0.25, 0.3) is 11.2 Å². The van der Waals surface area contributed by atoms with Gasteiger partial charge in [0.05, 0.1) is 13.2 Å². The molecule has 0 bridgehead atoms. The molecule has 0 aliphatic carbocycles. The number of anilines is 1. The van der Waals surface area contributed by atoms with Crippen LogP contribution in [0.1, 0.15) is 64.0 Å². The highest BCUT2D eigenvalue weighted by atomic mass is 16.5. The number of aromatic amines is 1. The van der Waals surface area contributed by atoms with Crippen LogP contribution in [0.15, 0.2) is 29.1 Å². The minimum atomic E-state index is -0.276. The normalized spacial score (nSPS) is 14.8. The number of hydrogen-bond acceptors (Lipinski definition) is 7. The lowest BCUT2D eigenvalue weighted by Crippen LogP contribution is -2.35. The largest absolute Gasteiger partial charge is 0.463 e. The first-order valence-corrected chi connectivity index (χ1v) is 13.8. The highest BCUT2D eigenvalue weighted by Gasteiger charge is 2.20. The Bertz CT molecular complexity index is 1260. The molecular weight excluding hydrogens is 482 g/mol. The van der Waals surface area contributed by atoms with Crippen molar-refractivity contribution in [3.63, 3.8) is 0 Å². The highest BCUT2D eigenvalue weighted by Crippen LogP contribution is 2.22. The average molecular weight is 524 g/mol. The Morgan fingerprint density at radius 2 is 1.84 bits per heavy atom. The quantitative estimate of drug-likeness (QED) is 0.310. The number of rotatable bonds is 12. The Balaban J connectivity index is 1.31. The van der Waals surface area contributed by atoms with E-state index in [0.717, 1.165) is 63.8 Å². The highest BCUT2D eigenvalue weighted by molar-refractivity contribution is 5.82. The van der Waals surface area contributed by atoms with Crippen molar-refractivity contribution in [2.24, 2.45) is 11.8 Å². The minimum absolute atomic E-state index is 0.0436. The third kappa shape index (κ3) is 7.12. The van der Waals surface area contributed by atoms with E-state index in [1.807, 2.05) is 13.8 Å². The second-order valence-electron chi connectivity index (χ2n) is 10.6. The number of hydrogen-bond donors (Lipinski definition) is 3. The third-order valence-corrected chi connectivity index (χ3v) is 7.21. The number of unbranched alkanes of at least 4 members (excludes halogenated alkanes) is 1. The summed E-state index contributed by atoms with van der Waals surface area (Å²) in [4.78, 5) is 38.3. The molecule has 10 heteroatoms. The van der Waals surface area contributed by atoms with Gasteiger partial charge in [-0.2, -0.15) is 9.97 Å². The van der Waals surface area contributed by atoms with Crippen LogP contribution < -0.4 is 21.5 Å². The Morgan fingerprint density at radius 3 is 2.50 bits per heavy atom. The third-order valence-electron chi connectivity index (χ3n) is 7.21. The zero-order chi connectivity index (χ0) is 27.1. The van der Waals surface area contributed by atoms with Crippen molar-refractivity contribution in [1.82, 2.24) is 29.7 Å². The summed E-state index contributed by atoms with van der Waals surface area (Å²) in [6, 6.07) is 8.58. The van der Waals surface area contributed by atoms with E-state index in [1.165, 1.54) is 5.56 Å². The number of amides is 1. The number of benzene rings is 1. The molecule has 4 N–H and O–H groups in total. The van der Waals surface area contributed by atoms with Crippen LogP contribution in [0.2, 0.25) is 0 Å². The number of nitrogens with one attached hydrogen (secondary N) is 2. The minimum Gasteiger partial charge on any atom is -0.463 e. The maximum atomic E-state index is 12.7. The first-order chi connectivity index (χ1) is 18.3. The molecule has 1 saturated heterocycles. The van der Waals surface area contributed by atoms with Crippen LogP contribution >= 0.6 is 0 Å². The van der Waals surface area contributed by atoms with Crippen molar-refractivity contribution in [3.05, 3.63) is 45.9 Å². The summed E-state index contributed by atoms with van der Waals surface area (Å²) in [7, 11) is 0. The number of piperidine rings is 1. The van der Waals surface area contributed by atoms with Crippen molar-refractivity contribution in [1.29, 1.82) is 0 Å². The molecule has 206 valence electrons. The molecule has 0 radical (unpaired) electrons. The Kier molecular flexibility index (Phi) is 9.38. The average Bonchev–Trinajstić information content (AvgIpc) is 3.21. The molecule has 0 atom stereocenters. The van der Waals surface area contributed by atoms with Gasteiger partial charge in [0, 0.05) is 19.0 Å². The summed E-state index contributed by atoms with van der Waals surface area (Å²) in [5, 5.41) is 3.03. The molecule has 1 fully saturated rings. The zero-order valence-electron chi connectivity index (χ0n) is 22.8. The second kappa shape index (κ2) is 12.9. The molecule has 38 heavy (non-hydrogen) atoms. The first kappa shape index (κ1) is 27.6. The van der Waals surface area contributed by atoms with E-state index in [4.69, 9.17) is 10.5 Å². The maximum absolute atomic E-state index is 12.7. The van der Waals surface area contributed by atoms with Crippen molar-refractivity contribution < 1.29 is 9.53 Å². The van der Waals surface area contributed by atoms with Gasteiger partial charge in [-0.15, -0.1) is 0 Å². The molecule has 3 heterocycles. The van der Waals surface area contributed by atoms with E-state index >= 15 is 0 Å². The number of H-pyrrole nitrogens is 1. The number of carbonyl (C=O) groups is 1. The molecule has 1 amide bonds. The summed E-state index contributed by atoms with van der Waals surface area (Å²) in [5.41, 5.74) is 8.92. The summed E-state index contributed by atoms with van der Waals surface area (Å²) < 4.78 is 7.20.